The fourth-order valence-electron chi connectivity index (χ4n) is 2.64. The summed E-state index contributed by atoms with van der Waals surface area (Å²) in [7, 11) is -1.03. The van der Waals surface area contributed by atoms with Gasteiger partial charge >= 0.3 is 0 Å². The van der Waals surface area contributed by atoms with Gasteiger partial charge in [0.25, 0.3) is 0 Å². The van der Waals surface area contributed by atoms with Gasteiger partial charge in [0.05, 0.1) is 11.8 Å². The van der Waals surface area contributed by atoms with Crippen molar-refractivity contribution in [2.24, 2.45) is 0 Å². The number of hydrogen-bond acceptors (Lipinski definition) is 5. The molecule has 1 N–H and O–H groups in total. The van der Waals surface area contributed by atoms with Crippen molar-refractivity contribution in [3.05, 3.63) is 22.4 Å². The highest BCUT2D eigenvalue weighted by molar-refractivity contribution is 7.89. The maximum Gasteiger partial charge on any atom is 0.211 e. The lowest BCUT2D eigenvalue weighted by atomic mass is 10.2. The van der Waals surface area contributed by atoms with Crippen LogP contribution in [0.2, 0.25) is 0 Å². The largest absolute Gasteiger partial charge is 0.304 e. The number of sulfonamides is 1. The van der Waals surface area contributed by atoms with Gasteiger partial charge in [-0.3, -0.25) is 4.90 Å². The summed E-state index contributed by atoms with van der Waals surface area (Å²) >= 11 is 1.70. The summed E-state index contributed by atoms with van der Waals surface area (Å²) in [6, 6.07) is 4.29. The van der Waals surface area contributed by atoms with E-state index in [1.165, 1.54) is 4.88 Å². The molecule has 0 aliphatic carbocycles. The normalized spacial score (nSPS) is 19.4. The molecule has 0 amide bonds. The first-order valence-corrected chi connectivity index (χ1v) is 10.5. The molecule has 0 saturated carbocycles. The molecule has 22 heavy (non-hydrogen) atoms. The SMILES string of the molecule is CCCCS(=O)(=O)NCC(c1cccs1)N1CCN(C)CC1. The zero-order valence-electron chi connectivity index (χ0n) is 13.5. The van der Waals surface area contributed by atoms with Gasteiger partial charge in [-0.05, 0) is 24.9 Å². The number of nitrogens with one attached hydrogen (secondary N) is 1. The van der Waals surface area contributed by atoms with E-state index in [1.54, 1.807) is 11.3 Å². The van der Waals surface area contributed by atoms with Crippen LogP contribution in [0.4, 0.5) is 0 Å². The number of thiophene rings is 1. The Labute approximate surface area is 138 Å². The molecule has 2 heterocycles. The molecular formula is C15H27N3O2S2. The maximum absolute atomic E-state index is 12.1. The third kappa shape index (κ3) is 5.31. The van der Waals surface area contributed by atoms with Crippen molar-refractivity contribution in [2.75, 3.05) is 45.5 Å². The molecule has 0 spiro atoms. The summed E-state index contributed by atoms with van der Waals surface area (Å²) in [4.78, 5) is 5.95. The second-order valence-corrected chi connectivity index (χ2v) is 8.80. The lowest BCUT2D eigenvalue weighted by Gasteiger charge is -2.37. The standard InChI is InChI=1S/C15H27N3O2S2/c1-3-4-12-22(19,20)16-13-14(15-6-5-11-21-15)18-9-7-17(2)8-10-18/h5-6,11,14,16H,3-4,7-10,12-13H2,1-2H3. The van der Waals surface area contributed by atoms with Crippen molar-refractivity contribution >= 4 is 21.4 Å². The van der Waals surface area contributed by atoms with Crippen LogP contribution in [0.25, 0.3) is 0 Å². The smallest absolute Gasteiger partial charge is 0.211 e. The van der Waals surface area contributed by atoms with E-state index < -0.39 is 10.0 Å². The Kier molecular flexibility index (Phi) is 6.83. The minimum atomic E-state index is -3.16. The molecule has 7 heteroatoms. The molecule has 1 fully saturated rings. The van der Waals surface area contributed by atoms with Crippen molar-refractivity contribution in [1.29, 1.82) is 0 Å². The Morgan fingerprint density at radius 3 is 2.64 bits per heavy atom. The van der Waals surface area contributed by atoms with Gasteiger partial charge in [-0.15, -0.1) is 11.3 Å². The first kappa shape index (κ1) is 17.9. The van der Waals surface area contributed by atoms with Crippen LogP contribution >= 0.6 is 11.3 Å². The van der Waals surface area contributed by atoms with Crippen molar-refractivity contribution in [3.63, 3.8) is 0 Å². The molecule has 1 atom stereocenters. The van der Waals surface area contributed by atoms with E-state index >= 15 is 0 Å². The van der Waals surface area contributed by atoms with Crippen LogP contribution in [0.1, 0.15) is 30.7 Å². The van der Waals surface area contributed by atoms with Gasteiger partial charge in [-0.1, -0.05) is 19.4 Å². The van der Waals surface area contributed by atoms with Crippen molar-refractivity contribution in [1.82, 2.24) is 14.5 Å². The molecule has 1 aliphatic heterocycles. The van der Waals surface area contributed by atoms with Gasteiger partial charge < -0.3 is 4.90 Å². The highest BCUT2D eigenvalue weighted by Crippen LogP contribution is 2.25. The van der Waals surface area contributed by atoms with Crippen molar-refractivity contribution in [2.45, 2.75) is 25.8 Å². The molecule has 126 valence electrons. The van der Waals surface area contributed by atoms with Gasteiger partial charge in [-0.2, -0.15) is 0 Å². The lowest BCUT2D eigenvalue weighted by molar-refractivity contribution is 0.114. The first-order chi connectivity index (χ1) is 10.5. The maximum atomic E-state index is 12.1. The quantitative estimate of drug-likeness (QED) is 0.780. The number of nitrogens with zero attached hydrogens (tertiary/aromatic N) is 2. The van der Waals surface area contributed by atoms with E-state index in [0.29, 0.717) is 13.0 Å². The second kappa shape index (κ2) is 8.40. The molecule has 1 aliphatic rings. The zero-order valence-corrected chi connectivity index (χ0v) is 15.1. The monoisotopic (exact) mass is 345 g/mol. The summed E-state index contributed by atoms with van der Waals surface area (Å²) in [6.07, 6.45) is 1.61. The summed E-state index contributed by atoms with van der Waals surface area (Å²) in [6.45, 7) is 6.50. The Hall–Kier alpha value is -0.470. The van der Waals surface area contributed by atoms with Crippen molar-refractivity contribution < 1.29 is 8.42 Å². The van der Waals surface area contributed by atoms with Gasteiger partial charge in [0.1, 0.15) is 0 Å². The Morgan fingerprint density at radius 2 is 2.05 bits per heavy atom. The lowest BCUT2D eigenvalue weighted by Crippen LogP contribution is -2.48. The molecule has 1 saturated heterocycles. The minimum absolute atomic E-state index is 0.144. The minimum Gasteiger partial charge on any atom is -0.304 e. The van der Waals surface area contributed by atoms with Crippen LogP contribution in [0.15, 0.2) is 17.5 Å². The van der Waals surface area contributed by atoms with E-state index in [4.69, 9.17) is 0 Å². The summed E-state index contributed by atoms with van der Waals surface area (Å²) in [5, 5.41) is 2.06. The summed E-state index contributed by atoms with van der Waals surface area (Å²) in [5.74, 6) is 0.226. The van der Waals surface area contributed by atoms with Crippen LogP contribution in [0.3, 0.4) is 0 Å². The average Bonchev–Trinajstić information content (AvgIpc) is 3.01. The zero-order chi connectivity index (χ0) is 16.0. The third-order valence-corrected chi connectivity index (χ3v) is 6.52. The van der Waals surface area contributed by atoms with E-state index in [1.807, 2.05) is 13.0 Å². The molecule has 2 rings (SSSR count). The van der Waals surface area contributed by atoms with Gasteiger partial charge in [-0.25, -0.2) is 13.1 Å². The third-order valence-electron chi connectivity index (χ3n) is 4.11. The van der Waals surface area contributed by atoms with E-state index in [-0.39, 0.29) is 11.8 Å². The Morgan fingerprint density at radius 1 is 1.32 bits per heavy atom. The summed E-state index contributed by atoms with van der Waals surface area (Å²) < 4.78 is 26.9. The molecule has 5 nitrogen and oxygen atoms in total. The average molecular weight is 346 g/mol. The summed E-state index contributed by atoms with van der Waals surface area (Å²) in [5.41, 5.74) is 0. The van der Waals surface area contributed by atoms with Crippen molar-refractivity contribution in [3.8, 4) is 0 Å². The van der Waals surface area contributed by atoms with Crippen LogP contribution in [0.5, 0.6) is 0 Å². The number of hydrogen-bond donors (Lipinski definition) is 1. The fourth-order valence-corrected chi connectivity index (χ4v) is 4.72. The van der Waals surface area contributed by atoms with E-state index in [2.05, 4.69) is 33.0 Å². The molecule has 1 aromatic rings. The van der Waals surface area contributed by atoms with Gasteiger partial charge in [0, 0.05) is 37.6 Å². The number of likely N-dealkylation sites (N-methyl/N-ethyl adjacent to an activating group) is 1. The van der Waals surface area contributed by atoms with Crippen LogP contribution in [-0.4, -0.2) is 63.7 Å². The molecule has 0 bridgehead atoms. The Balaban J connectivity index is 2.00. The molecule has 1 aromatic heterocycles. The first-order valence-electron chi connectivity index (χ1n) is 7.95. The van der Waals surface area contributed by atoms with Crippen LogP contribution < -0.4 is 4.72 Å². The molecule has 1 unspecified atom stereocenters. The predicted molar refractivity (Wildman–Crippen MR) is 92.8 cm³/mol. The topological polar surface area (TPSA) is 52.7 Å². The fraction of sp³-hybridized carbons (Fsp3) is 0.733. The van der Waals surface area contributed by atoms with Gasteiger partial charge in [0.15, 0.2) is 0 Å². The predicted octanol–water partition coefficient (Wildman–Crippen LogP) is 1.76. The molecule has 0 aromatic carbocycles. The second-order valence-electron chi connectivity index (χ2n) is 5.89. The van der Waals surface area contributed by atoms with Crippen LogP contribution in [0, 0.1) is 0 Å². The number of unbranched alkanes of at least 4 members (excludes halogenated alkanes) is 1. The van der Waals surface area contributed by atoms with E-state index in [9.17, 15) is 8.42 Å². The Bertz CT molecular complexity index is 523. The van der Waals surface area contributed by atoms with Crippen LogP contribution in [-0.2, 0) is 10.0 Å². The van der Waals surface area contributed by atoms with E-state index in [0.717, 1.165) is 32.6 Å². The number of piperazine rings is 1. The molecular weight excluding hydrogens is 318 g/mol. The highest BCUT2D eigenvalue weighted by atomic mass is 32.2. The number of rotatable bonds is 8. The molecule has 0 radical (unpaired) electrons. The van der Waals surface area contributed by atoms with Gasteiger partial charge in [0.2, 0.25) is 10.0 Å². The highest BCUT2D eigenvalue weighted by Gasteiger charge is 2.25.